The fourth-order valence-electron chi connectivity index (χ4n) is 0.877. The van der Waals surface area contributed by atoms with Crippen molar-refractivity contribution in [2.24, 2.45) is 0 Å². The molecule has 4 nitrogen and oxygen atoms in total. The van der Waals surface area contributed by atoms with E-state index in [0.717, 1.165) is 0 Å². The van der Waals surface area contributed by atoms with Gasteiger partial charge in [0.2, 0.25) is 5.91 Å². The van der Waals surface area contributed by atoms with E-state index in [1.54, 1.807) is 25.7 Å². The SMILES string of the molecule is CCOC(=O)CN(C)C(=O)CSC(C)(C)C. The summed E-state index contributed by atoms with van der Waals surface area (Å²) in [5, 5.41) is 0. The van der Waals surface area contributed by atoms with E-state index in [0.29, 0.717) is 12.4 Å². The second-order valence-electron chi connectivity index (χ2n) is 4.46. The van der Waals surface area contributed by atoms with Crippen molar-refractivity contribution < 1.29 is 14.3 Å². The van der Waals surface area contributed by atoms with Crippen molar-refractivity contribution in [3.63, 3.8) is 0 Å². The summed E-state index contributed by atoms with van der Waals surface area (Å²) in [6, 6.07) is 0. The van der Waals surface area contributed by atoms with Gasteiger partial charge in [0.05, 0.1) is 12.4 Å². The van der Waals surface area contributed by atoms with Crippen molar-refractivity contribution in [2.45, 2.75) is 32.4 Å². The third kappa shape index (κ3) is 7.56. The van der Waals surface area contributed by atoms with Gasteiger partial charge in [0.15, 0.2) is 0 Å². The van der Waals surface area contributed by atoms with Crippen LogP contribution in [0.3, 0.4) is 0 Å². The number of thioether (sulfide) groups is 1. The van der Waals surface area contributed by atoms with Crippen molar-refractivity contribution in [1.29, 1.82) is 0 Å². The van der Waals surface area contributed by atoms with Gasteiger partial charge in [-0.1, -0.05) is 20.8 Å². The highest BCUT2D eigenvalue weighted by Crippen LogP contribution is 2.22. The maximum absolute atomic E-state index is 11.6. The molecule has 0 saturated carbocycles. The summed E-state index contributed by atoms with van der Waals surface area (Å²) in [5.74, 6) is -0.0218. The Morgan fingerprint density at radius 3 is 2.31 bits per heavy atom. The minimum atomic E-state index is -0.362. The summed E-state index contributed by atoms with van der Waals surface area (Å²) in [4.78, 5) is 24.2. The second kappa shape index (κ2) is 6.78. The third-order valence-electron chi connectivity index (χ3n) is 1.73. The molecule has 0 aromatic carbocycles. The predicted molar refractivity (Wildman–Crippen MR) is 66.5 cm³/mol. The van der Waals surface area contributed by atoms with Gasteiger partial charge in [0.25, 0.3) is 0 Å². The van der Waals surface area contributed by atoms with Gasteiger partial charge < -0.3 is 9.64 Å². The minimum Gasteiger partial charge on any atom is -0.465 e. The first-order valence-electron chi connectivity index (χ1n) is 5.30. The number of rotatable bonds is 5. The maximum Gasteiger partial charge on any atom is 0.325 e. The first kappa shape index (κ1) is 15.3. The van der Waals surface area contributed by atoms with Crippen LogP contribution < -0.4 is 0 Å². The lowest BCUT2D eigenvalue weighted by atomic mass is 10.3. The molecule has 0 spiro atoms. The zero-order valence-electron chi connectivity index (χ0n) is 10.7. The molecule has 94 valence electrons. The number of nitrogens with zero attached hydrogens (tertiary/aromatic N) is 1. The van der Waals surface area contributed by atoms with Crippen LogP contribution in [0.5, 0.6) is 0 Å². The van der Waals surface area contributed by atoms with E-state index >= 15 is 0 Å². The van der Waals surface area contributed by atoms with Crippen molar-refractivity contribution in [3.8, 4) is 0 Å². The molecule has 0 saturated heterocycles. The Balaban J connectivity index is 3.95. The van der Waals surface area contributed by atoms with Gasteiger partial charge in [0.1, 0.15) is 6.54 Å². The van der Waals surface area contributed by atoms with Gasteiger partial charge in [-0.3, -0.25) is 9.59 Å². The highest BCUT2D eigenvalue weighted by Gasteiger charge is 2.17. The average Bonchev–Trinajstić information content (AvgIpc) is 2.13. The van der Waals surface area contributed by atoms with Crippen molar-refractivity contribution in [3.05, 3.63) is 0 Å². The Bertz CT molecular complexity index is 248. The monoisotopic (exact) mass is 247 g/mol. The van der Waals surface area contributed by atoms with Crippen LogP contribution in [-0.2, 0) is 14.3 Å². The molecule has 0 aliphatic heterocycles. The van der Waals surface area contributed by atoms with Gasteiger partial charge in [0, 0.05) is 11.8 Å². The fraction of sp³-hybridized carbons (Fsp3) is 0.818. The summed E-state index contributed by atoms with van der Waals surface area (Å²) < 4.78 is 4.82. The first-order valence-corrected chi connectivity index (χ1v) is 6.28. The zero-order valence-corrected chi connectivity index (χ0v) is 11.5. The molecule has 0 atom stereocenters. The number of likely N-dealkylation sites (N-methyl/N-ethyl adjacent to an activating group) is 1. The lowest BCUT2D eigenvalue weighted by molar-refractivity contribution is -0.147. The molecule has 0 aromatic heterocycles. The normalized spacial score (nSPS) is 11.1. The zero-order chi connectivity index (χ0) is 12.8. The van der Waals surface area contributed by atoms with E-state index in [1.165, 1.54) is 4.90 Å². The van der Waals surface area contributed by atoms with Gasteiger partial charge in [-0.05, 0) is 6.92 Å². The molecule has 16 heavy (non-hydrogen) atoms. The number of esters is 1. The molecule has 5 heteroatoms. The minimum absolute atomic E-state index is 0.0252. The lowest BCUT2D eigenvalue weighted by Crippen LogP contribution is -2.34. The molecule has 1 amide bonds. The van der Waals surface area contributed by atoms with Gasteiger partial charge in [-0.25, -0.2) is 0 Å². The molecule has 0 aromatic rings. The van der Waals surface area contributed by atoms with Crippen molar-refractivity contribution in [1.82, 2.24) is 4.90 Å². The molecule has 0 bridgehead atoms. The molecule has 0 N–H and O–H groups in total. The van der Waals surface area contributed by atoms with Crippen LogP contribution in [0.1, 0.15) is 27.7 Å². The Labute approximate surface area is 102 Å². The van der Waals surface area contributed by atoms with E-state index in [-0.39, 0.29) is 23.2 Å². The molecule has 0 unspecified atom stereocenters. The van der Waals surface area contributed by atoms with Crippen molar-refractivity contribution >= 4 is 23.6 Å². The van der Waals surface area contributed by atoms with Gasteiger partial charge >= 0.3 is 5.97 Å². The molecule has 0 aliphatic carbocycles. The van der Waals surface area contributed by atoms with Crippen molar-refractivity contribution in [2.75, 3.05) is 26.0 Å². The van der Waals surface area contributed by atoms with Crippen LogP contribution >= 0.6 is 11.8 Å². The first-order chi connectivity index (χ1) is 7.26. The Hall–Kier alpha value is -0.710. The number of amides is 1. The van der Waals surface area contributed by atoms with Crippen LogP contribution in [0.15, 0.2) is 0 Å². The van der Waals surface area contributed by atoms with E-state index in [9.17, 15) is 9.59 Å². The third-order valence-corrected chi connectivity index (χ3v) is 2.98. The Kier molecular flexibility index (Phi) is 6.48. The average molecular weight is 247 g/mol. The van der Waals surface area contributed by atoms with E-state index in [2.05, 4.69) is 20.8 Å². The van der Waals surface area contributed by atoms with E-state index in [1.807, 2.05) is 0 Å². The standard InChI is InChI=1S/C11H21NO3S/c1-6-15-10(14)7-12(5)9(13)8-16-11(2,3)4/h6-8H2,1-5H3. The fourth-order valence-corrected chi connectivity index (χ4v) is 1.65. The van der Waals surface area contributed by atoms with E-state index in [4.69, 9.17) is 4.74 Å². The second-order valence-corrected chi connectivity index (χ2v) is 6.26. The Morgan fingerprint density at radius 2 is 1.88 bits per heavy atom. The topological polar surface area (TPSA) is 46.6 Å². The smallest absolute Gasteiger partial charge is 0.325 e. The Morgan fingerprint density at radius 1 is 1.31 bits per heavy atom. The predicted octanol–water partition coefficient (Wildman–Crippen LogP) is 1.54. The largest absolute Gasteiger partial charge is 0.465 e. The number of carbonyl (C=O) groups excluding carboxylic acids is 2. The van der Waals surface area contributed by atoms with Gasteiger partial charge in [-0.15, -0.1) is 11.8 Å². The lowest BCUT2D eigenvalue weighted by Gasteiger charge is -2.20. The van der Waals surface area contributed by atoms with Crippen LogP contribution in [0.4, 0.5) is 0 Å². The van der Waals surface area contributed by atoms with Gasteiger partial charge in [-0.2, -0.15) is 0 Å². The molecule has 0 fully saturated rings. The van der Waals surface area contributed by atoms with Crippen LogP contribution in [0.2, 0.25) is 0 Å². The summed E-state index contributed by atoms with van der Waals surface area (Å²) in [6.07, 6.45) is 0. The quantitative estimate of drug-likeness (QED) is 0.691. The number of hydrogen-bond donors (Lipinski definition) is 0. The molecule has 0 heterocycles. The molecular formula is C11H21NO3S. The van der Waals surface area contributed by atoms with Crippen LogP contribution in [-0.4, -0.2) is 47.5 Å². The highest BCUT2D eigenvalue weighted by molar-refractivity contribution is 8.01. The summed E-state index contributed by atoms with van der Waals surface area (Å²) in [5.41, 5.74) is 0. The number of hydrogen-bond acceptors (Lipinski definition) is 4. The molecular weight excluding hydrogens is 226 g/mol. The molecule has 0 aliphatic rings. The van der Waals surface area contributed by atoms with Crippen LogP contribution in [0, 0.1) is 0 Å². The summed E-state index contributed by atoms with van der Waals surface area (Å²) >= 11 is 1.57. The summed E-state index contributed by atoms with van der Waals surface area (Å²) in [6.45, 7) is 8.27. The van der Waals surface area contributed by atoms with E-state index < -0.39 is 0 Å². The van der Waals surface area contributed by atoms with Crippen LogP contribution in [0.25, 0.3) is 0 Å². The molecule has 0 rings (SSSR count). The summed E-state index contributed by atoms with van der Waals surface area (Å²) in [7, 11) is 1.61. The highest BCUT2D eigenvalue weighted by atomic mass is 32.2. The number of ether oxygens (including phenoxy) is 1. The maximum atomic E-state index is 11.6. The number of carbonyl (C=O) groups is 2. The molecule has 0 radical (unpaired) electrons.